The first-order valence-corrected chi connectivity index (χ1v) is 7.05. The van der Waals surface area contributed by atoms with Crippen molar-refractivity contribution in [3.8, 4) is 0 Å². The van der Waals surface area contributed by atoms with Gasteiger partial charge in [-0.1, -0.05) is 0 Å². The summed E-state index contributed by atoms with van der Waals surface area (Å²) >= 11 is 0. The number of carbonyl (C=O) groups is 1. The molecule has 1 aliphatic heterocycles. The van der Waals surface area contributed by atoms with E-state index in [0.29, 0.717) is 6.54 Å². The summed E-state index contributed by atoms with van der Waals surface area (Å²) in [6.45, 7) is 3.79. The smallest absolute Gasteiger partial charge is 0.244 e. The number of amides is 1. The average molecular weight is 263 g/mol. The molecule has 2 aliphatic rings. The van der Waals surface area contributed by atoms with Gasteiger partial charge in [-0.15, -0.1) is 0 Å². The molecule has 2 heterocycles. The highest BCUT2D eigenvalue weighted by atomic mass is 16.3. The van der Waals surface area contributed by atoms with Gasteiger partial charge in [-0.2, -0.15) is 5.10 Å². The van der Waals surface area contributed by atoms with E-state index in [1.165, 1.54) is 0 Å². The molecule has 1 aliphatic carbocycles. The Balaban J connectivity index is 1.55. The van der Waals surface area contributed by atoms with Crippen LogP contribution in [0.3, 0.4) is 0 Å². The van der Waals surface area contributed by atoms with Crippen LogP contribution in [0.4, 0.5) is 0 Å². The third-order valence-corrected chi connectivity index (χ3v) is 4.81. The molecule has 1 N–H and O–H groups in total. The Kier molecular flexibility index (Phi) is 3.09. The summed E-state index contributed by atoms with van der Waals surface area (Å²) < 4.78 is 1.69. The van der Waals surface area contributed by atoms with Gasteiger partial charge in [-0.05, 0) is 44.1 Å². The first-order valence-electron chi connectivity index (χ1n) is 7.05. The number of piperidine rings is 1. The molecule has 104 valence electrons. The van der Waals surface area contributed by atoms with Crippen LogP contribution in [0.15, 0.2) is 12.3 Å². The van der Waals surface area contributed by atoms with E-state index < -0.39 is 0 Å². The topological polar surface area (TPSA) is 58.4 Å². The van der Waals surface area contributed by atoms with Gasteiger partial charge in [0.2, 0.25) is 5.91 Å². The highest BCUT2D eigenvalue weighted by Crippen LogP contribution is 2.48. The summed E-state index contributed by atoms with van der Waals surface area (Å²) in [7, 11) is 0. The van der Waals surface area contributed by atoms with Gasteiger partial charge in [0.05, 0.1) is 11.8 Å². The summed E-state index contributed by atoms with van der Waals surface area (Å²) in [5.74, 6) is 0.131. The average Bonchev–Trinajstić information content (AvgIpc) is 2.82. The molecule has 0 aromatic carbocycles. The van der Waals surface area contributed by atoms with Crippen molar-refractivity contribution in [2.75, 3.05) is 13.1 Å². The molecule has 1 spiro atoms. The third-order valence-electron chi connectivity index (χ3n) is 4.81. The van der Waals surface area contributed by atoms with Crippen LogP contribution in [-0.2, 0) is 11.3 Å². The predicted molar refractivity (Wildman–Crippen MR) is 70.5 cm³/mol. The van der Waals surface area contributed by atoms with Crippen molar-refractivity contribution in [1.82, 2.24) is 14.7 Å². The van der Waals surface area contributed by atoms with Crippen LogP contribution in [0.2, 0.25) is 0 Å². The fourth-order valence-corrected chi connectivity index (χ4v) is 3.26. The quantitative estimate of drug-likeness (QED) is 0.864. The van der Waals surface area contributed by atoms with Gasteiger partial charge >= 0.3 is 0 Å². The summed E-state index contributed by atoms with van der Waals surface area (Å²) in [6, 6.07) is 1.91. The zero-order chi connectivity index (χ0) is 13.5. The summed E-state index contributed by atoms with van der Waals surface area (Å²) in [4.78, 5) is 14.1. The first-order chi connectivity index (χ1) is 9.09. The fraction of sp³-hybridized carbons (Fsp3) is 0.714. The van der Waals surface area contributed by atoms with Crippen LogP contribution in [-0.4, -0.2) is 44.9 Å². The molecular formula is C14H21N3O2. The first kappa shape index (κ1) is 12.7. The molecule has 3 rings (SSSR count). The van der Waals surface area contributed by atoms with Crippen LogP contribution in [0.1, 0.15) is 31.4 Å². The summed E-state index contributed by atoms with van der Waals surface area (Å²) in [5.41, 5.74) is 1.06. The maximum atomic E-state index is 12.2. The van der Waals surface area contributed by atoms with Crippen molar-refractivity contribution in [1.29, 1.82) is 0 Å². The summed E-state index contributed by atoms with van der Waals surface area (Å²) in [5, 5.41) is 14.1. The number of aliphatic hydroxyl groups is 1. The zero-order valence-electron chi connectivity index (χ0n) is 11.4. The van der Waals surface area contributed by atoms with E-state index in [9.17, 15) is 9.90 Å². The van der Waals surface area contributed by atoms with Gasteiger partial charge in [0.25, 0.3) is 0 Å². The highest BCUT2D eigenvalue weighted by Gasteiger charge is 2.47. The molecule has 1 amide bonds. The minimum Gasteiger partial charge on any atom is -0.393 e. The lowest BCUT2D eigenvalue weighted by atomic mass is 9.61. The molecule has 1 unspecified atom stereocenters. The number of aryl methyl sites for hydroxylation is 1. The number of rotatable bonds is 2. The molecule has 1 aromatic heterocycles. The number of hydrogen-bond acceptors (Lipinski definition) is 3. The van der Waals surface area contributed by atoms with E-state index in [0.717, 1.165) is 44.5 Å². The van der Waals surface area contributed by atoms with Gasteiger partial charge < -0.3 is 10.0 Å². The third kappa shape index (κ3) is 2.27. The molecule has 1 saturated heterocycles. The number of aliphatic hydroxyl groups excluding tert-OH is 1. The number of hydrogen-bond donors (Lipinski definition) is 1. The van der Waals surface area contributed by atoms with E-state index in [1.807, 2.05) is 24.1 Å². The van der Waals surface area contributed by atoms with Crippen LogP contribution < -0.4 is 0 Å². The molecule has 1 aromatic rings. The Morgan fingerprint density at radius 3 is 2.68 bits per heavy atom. The maximum absolute atomic E-state index is 12.2. The van der Waals surface area contributed by atoms with Crippen molar-refractivity contribution < 1.29 is 9.90 Å². The van der Waals surface area contributed by atoms with Gasteiger partial charge in [0, 0.05) is 19.3 Å². The lowest BCUT2D eigenvalue weighted by Crippen LogP contribution is -2.53. The van der Waals surface area contributed by atoms with Gasteiger partial charge in [0.15, 0.2) is 0 Å². The Morgan fingerprint density at radius 1 is 1.47 bits per heavy atom. The largest absolute Gasteiger partial charge is 0.393 e. The molecule has 5 heteroatoms. The van der Waals surface area contributed by atoms with E-state index in [4.69, 9.17) is 0 Å². The highest BCUT2D eigenvalue weighted by molar-refractivity contribution is 5.76. The predicted octanol–water partition coefficient (Wildman–Crippen LogP) is 0.955. The molecule has 0 radical (unpaired) electrons. The van der Waals surface area contributed by atoms with Gasteiger partial charge in [0.1, 0.15) is 6.54 Å². The normalized spacial score (nSPS) is 25.4. The van der Waals surface area contributed by atoms with Gasteiger partial charge in [-0.3, -0.25) is 9.48 Å². The van der Waals surface area contributed by atoms with Crippen molar-refractivity contribution in [3.63, 3.8) is 0 Å². The van der Waals surface area contributed by atoms with Crippen molar-refractivity contribution in [3.05, 3.63) is 18.0 Å². The van der Waals surface area contributed by atoms with Crippen LogP contribution in [0.25, 0.3) is 0 Å². The van der Waals surface area contributed by atoms with E-state index in [2.05, 4.69) is 5.10 Å². The Morgan fingerprint density at radius 2 is 2.21 bits per heavy atom. The second-order valence-corrected chi connectivity index (χ2v) is 5.95. The molecule has 0 bridgehead atoms. The second-order valence-electron chi connectivity index (χ2n) is 5.95. The molecule has 1 saturated carbocycles. The minimum atomic E-state index is -0.140. The Hall–Kier alpha value is -1.36. The lowest BCUT2D eigenvalue weighted by Gasteiger charge is -2.51. The molecule has 5 nitrogen and oxygen atoms in total. The molecule has 1 atom stereocenters. The number of nitrogens with zero attached hydrogens (tertiary/aromatic N) is 3. The molecule has 2 fully saturated rings. The van der Waals surface area contributed by atoms with Crippen LogP contribution in [0.5, 0.6) is 0 Å². The minimum absolute atomic E-state index is 0.124. The van der Waals surface area contributed by atoms with E-state index in [1.54, 1.807) is 4.68 Å². The second kappa shape index (κ2) is 4.63. The Labute approximate surface area is 113 Å². The summed E-state index contributed by atoms with van der Waals surface area (Å²) in [6.07, 6.45) is 5.64. The number of likely N-dealkylation sites (tertiary alicyclic amines) is 1. The van der Waals surface area contributed by atoms with E-state index in [-0.39, 0.29) is 17.4 Å². The number of aromatic nitrogens is 2. The van der Waals surface area contributed by atoms with Crippen LogP contribution >= 0.6 is 0 Å². The van der Waals surface area contributed by atoms with Crippen LogP contribution in [0, 0.1) is 12.3 Å². The number of carbonyl (C=O) groups excluding carboxylic acids is 1. The van der Waals surface area contributed by atoms with Gasteiger partial charge in [-0.25, -0.2) is 0 Å². The Bertz CT molecular complexity index is 475. The lowest BCUT2D eigenvalue weighted by molar-refractivity contribution is -0.141. The zero-order valence-corrected chi connectivity index (χ0v) is 11.4. The maximum Gasteiger partial charge on any atom is 0.244 e. The monoisotopic (exact) mass is 263 g/mol. The van der Waals surface area contributed by atoms with E-state index >= 15 is 0 Å². The molecular weight excluding hydrogens is 242 g/mol. The van der Waals surface area contributed by atoms with Crippen molar-refractivity contribution in [2.45, 2.75) is 45.3 Å². The van der Waals surface area contributed by atoms with Crippen molar-refractivity contribution >= 4 is 5.91 Å². The molecule has 19 heavy (non-hydrogen) atoms. The van der Waals surface area contributed by atoms with Crippen molar-refractivity contribution in [2.24, 2.45) is 5.41 Å². The fourth-order valence-electron chi connectivity index (χ4n) is 3.26. The SMILES string of the molecule is Cc1ccn(CC(=O)N2CCC3(CCC3O)CC2)n1. The standard InChI is InChI=1S/C14H21N3O2/c1-11-3-7-17(15-11)10-13(19)16-8-5-14(6-9-16)4-2-12(14)18/h3,7,12,18H,2,4-6,8-10H2,1H3.